The summed E-state index contributed by atoms with van der Waals surface area (Å²) in [6.07, 6.45) is 3.90. The molecule has 1 atom stereocenters. The average molecular weight is 344 g/mol. The van der Waals surface area contributed by atoms with Crippen LogP contribution in [-0.2, 0) is 0 Å². The molecule has 1 aromatic rings. The van der Waals surface area contributed by atoms with Gasteiger partial charge >= 0.3 is 0 Å². The van der Waals surface area contributed by atoms with Crippen LogP contribution in [0.1, 0.15) is 64.8 Å². The van der Waals surface area contributed by atoms with Gasteiger partial charge in [0.05, 0.1) is 0 Å². The van der Waals surface area contributed by atoms with E-state index in [4.69, 9.17) is 0 Å². The van der Waals surface area contributed by atoms with Gasteiger partial charge in [-0.1, -0.05) is 27.7 Å². The smallest absolute Gasteiger partial charge is 0.0388 e. The maximum Gasteiger partial charge on any atom is 0.0388 e. The van der Waals surface area contributed by atoms with Crippen LogP contribution < -0.4 is 5.32 Å². The van der Waals surface area contributed by atoms with Crippen LogP contribution in [0, 0.1) is 10.8 Å². The number of thiophene rings is 1. The molecule has 1 N–H and O–H groups in total. The summed E-state index contributed by atoms with van der Waals surface area (Å²) in [4.78, 5) is 1.42. The summed E-state index contributed by atoms with van der Waals surface area (Å²) in [5.74, 6) is 0. The van der Waals surface area contributed by atoms with E-state index in [2.05, 4.69) is 67.3 Å². The van der Waals surface area contributed by atoms with Crippen molar-refractivity contribution in [1.29, 1.82) is 0 Å². The fraction of sp³-hybridized carbons (Fsp3) is 0.750. The molecule has 1 heterocycles. The summed E-state index contributed by atoms with van der Waals surface area (Å²) in [5, 5.41) is 6.02. The van der Waals surface area contributed by atoms with Crippen LogP contribution in [0.25, 0.3) is 0 Å². The second kappa shape index (κ2) is 5.50. The summed E-state index contributed by atoms with van der Waals surface area (Å²) < 4.78 is 1.20. The van der Waals surface area contributed by atoms with Crippen LogP contribution in [0.15, 0.2) is 15.9 Å². The lowest BCUT2D eigenvalue weighted by atomic mass is 9.63. The predicted molar refractivity (Wildman–Crippen MR) is 88.8 cm³/mol. The minimum absolute atomic E-state index is 0.450. The lowest BCUT2D eigenvalue weighted by Gasteiger charge is -2.46. The predicted octanol–water partition coefficient (Wildman–Crippen LogP) is 5.77. The minimum atomic E-state index is 0.450. The van der Waals surface area contributed by atoms with Crippen molar-refractivity contribution in [3.63, 3.8) is 0 Å². The van der Waals surface area contributed by atoms with Gasteiger partial charge in [-0.05, 0) is 59.0 Å². The first kappa shape index (κ1) is 15.5. The first-order chi connectivity index (χ1) is 8.67. The Bertz CT molecular complexity index is 420. The third-order valence-electron chi connectivity index (χ3n) is 4.06. The van der Waals surface area contributed by atoms with Gasteiger partial charge in [0.2, 0.25) is 0 Å². The molecular weight excluding hydrogens is 318 g/mol. The summed E-state index contributed by atoms with van der Waals surface area (Å²) in [6, 6.07) is 3.32. The van der Waals surface area contributed by atoms with Crippen molar-refractivity contribution in [2.75, 3.05) is 0 Å². The Hall–Kier alpha value is 0.140. The second-order valence-corrected chi connectivity index (χ2v) is 9.52. The van der Waals surface area contributed by atoms with E-state index in [1.807, 2.05) is 11.3 Å². The van der Waals surface area contributed by atoms with E-state index in [0.29, 0.717) is 22.9 Å². The molecule has 0 aliphatic heterocycles. The summed E-state index contributed by atoms with van der Waals surface area (Å²) in [7, 11) is 0. The molecule has 2 rings (SSSR count). The molecule has 1 aliphatic rings. The van der Waals surface area contributed by atoms with E-state index in [0.717, 1.165) is 0 Å². The molecule has 1 saturated carbocycles. The van der Waals surface area contributed by atoms with Crippen LogP contribution in [0.4, 0.5) is 0 Å². The van der Waals surface area contributed by atoms with Crippen LogP contribution in [0.5, 0.6) is 0 Å². The molecule has 1 unspecified atom stereocenters. The Morgan fingerprint density at radius 1 is 1.26 bits per heavy atom. The molecule has 1 nitrogen and oxygen atoms in total. The fourth-order valence-corrected chi connectivity index (χ4v) is 5.42. The molecule has 19 heavy (non-hydrogen) atoms. The van der Waals surface area contributed by atoms with Gasteiger partial charge in [-0.2, -0.15) is 0 Å². The topological polar surface area (TPSA) is 12.0 Å². The number of rotatable bonds is 3. The molecule has 1 aliphatic carbocycles. The van der Waals surface area contributed by atoms with Crippen molar-refractivity contribution in [3.8, 4) is 0 Å². The number of halogens is 1. The molecule has 0 spiro atoms. The highest BCUT2D eigenvalue weighted by Gasteiger charge is 2.38. The maximum absolute atomic E-state index is 3.85. The lowest BCUT2D eigenvalue weighted by molar-refractivity contribution is 0.0813. The summed E-state index contributed by atoms with van der Waals surface area (Å²) in [6.45, 7) is 11.9. The Labute approximate surface area is 130 Å². The minimum Gasteiger partial charge on any atom is -0.307 e. The van der Waals surface area contributed by atoms with Gasteiger partial charge in [-0.25, -0.2) is 0 Å². The quantitative estimate of drug-likeness (QED) is 0.734. The van der Waals surface area contributed by atoms with Crippen molar-refractivity contribution < 1.29 is 0 Å². The standard InChI is InChI=1S/C16H26BrNS/c1-11(14-6-12(17)9-19-14)18-13-7-15(2,3)10-16(4,5)8-13/h6,9,11,13,18H,7-8,10H2,1-5H3. The maximum atomic E-state index is 3.85. The number of nitrogens with one attached hydrogen (secondary N) is 1. The Morgan fingerprint density at radius 2 is 1.84 bits per heavy atom. The fourth-order valence-electron chi connectivity index (χ4n) is 3.95. The van der Waals surface area contributed by atoms with Crippen molar-refractivity contribution >= 4 is 27.3 Å². The van der Waals surface area contributed by atoms with E-state index >= 15 is 0 Å². The van der Waals surface area contributed by atoms with E-state index in [-0.39, 0.29) is 0 Å². The Morgan fingerprint density at radius 3 is 2.32 bits per heavy atom. The first-order valence-corrected chi connectivity index (χ1v) is 8.84. The highest BCUT2D eigenvalue weighted by molar-refractivity contribution is 9.10. The van der Waals surface area contributed by atoms with Crippen molar-refractivity contribution in [2.45, 2.75) is 66.0 Å². The number of hydrogen-bond donors (Lipinski definition) is 1. The molecule has 0 aromatic carbocycles. The number of hydrogen-bond acceptors (Lipinski definition) is 2. The monoisotopic (exact) mass is 343 g/mol. The highest BCUT2D eigenvalue weighted by atomic mass is 79.9. The normalized spacial score (nSPS) is 24.3. The van der Waals surface area contributed by atoms with Crippen molar-refractivity contribution in [2.24, 2.45) is 10.8 Å². The molecular formula is C16H26BrNS. The summed E-state index contributed by atoms with van der Waals surface area (Å²) in [5.41, 5.74) is 0.907. The van der Waals surface area contributed by atoms with Crippen LogP contribution >= 0.6 is 27.3 Å². The Kier molecular flexibility index (Phi) is 4.49. The van der Waals surface area contributed by atoms with E-state index < -0.39 is 0 Å². The molecule has 1 aromatic heterocycles. The van der Waals surface area contributed by atoms with Gasteiger partial charge in [0.15, 0.2) is 0 Å². The SMILES string of the molecule is CC(NC1CC(C)(C)CC(C)(C)C1)c1cc(Br)cs1. The van der Waals surface area contributed by atoms with Gasteiger partial charge < -0.3 is 5.32 Å². The zero-order chi connectivity index (χ0) is 14.3. The molecule has 0 amide bonds. The van der Waals surface area contributed by atoms with Crippen LogP contribution in [-0.4, -0.2) is 6.04 Å². The van der Waals surface area contributed by atoms with Gasteiger partial charge in [-0.15, -0.1) is 11.3 Å². The average Bonchev–Trinajstić information content (AvgIpc) is 2.59. The van der Waals surface area contributed by atoms with Gasteiger partial charge in [0.25, 0.3) is 0 Å². The molecule has 0 saturated heterocycles. The molecule has 0 radical (unpaired) electrons. The second-order valence-electron chi connectivity index (χ2n) is 7.67. The zero-order valence-corrected chi connectivity index (χ0v) is 15.1. The molecule has 1 fully saturated rings. The van der Waals surface area contributed by atoms with E-state index in [1.165, 1.54) is 28.6 Å². The summed E-state index contributed by atoms with van der Waals surface area (Å²) >= 11 is 5.38. The highest BCUT2D eigenvalue weighted by Crippen LogP contribution is 2.46. The first-order valence-electron chi connectivity index (χ1n) is 7.17. The largest absolute Gasteiger partial charge is 0.307 e. The van der Waals surface area contributed by atoms with Crippen LogP contribution in [0.2, 0.25) is 0 Å². The lowest BCUT2D eigenvalue weighted by Crippen LogP contribution is -2.44. The molecule has 108 valence electrons. The van der Waals surface area contributed by atoms with Crippen LogP contribution in [0.3, 0.4) is 0 Å². The van der Waals surface area contributed by atoms with Gasteiger partial charge in [-0.3, -0.25) is 0 Å². The van der Waals surface area contributed by atoms with Gasteiger partial charge in [0, 0.05) is 26.8 Å². The third kappa shape index (κ3) is 4.30. The Balaban J connectivity index is 2.02. The van der Waals surface area contributed by atoms with E-state index in [9.17, 15) is 0 Å². The zero-order valence-electron chi connectivity index (χ0n) is 12.7. The molecule has 3 heteroatoms. The molecule has 0 bridgehead atoms. The van der Waals surface area contributed by atoms with Crippen molar-refractivity contribution in [1.82, 2.24) is 5.32 Å². The van der Waals surface area contributed by atoms with E-state index in [1.54, 1.807) is 0 Å². The van der Waals surface area contributed by atoms with Crippen molar-refractivity contribution in [3.05, 3.63) is 20.8 Å². The third-order valence-corrected chi connectivity index (χ3v) is 5.93. The van der Waals surface area contributed by atoms with Gasteiger partial charge in [0.1, 0.15) is 0 Å².